The smallest absolute Gasteiger partial charge is 0.243 e. The van der Waals surface area contributed by atoms with Crippen LogP contribution >= 0.6 is 15.9 Å². The van der Waals surface area contributed by atoms with Gasteiger partial charge < -0.3 is 0 Å². The fourth-order valence-corrected chi connectivity index (χ4v) is 3.83. The van der Waals surface area contributed by atoms with Crippen LogP contribution in [0.4, 0.5) is 0 Å². The number of halogens is 1. The minimum absolute atomic E-state index is 0.270. The molecule has 20 heavy (non-hydrogen) atoms. The second-order valence-electron chi connectivity index (χ2n) is 4.21. The molecule has 0 aliphatic rings. The summed E-state index contributed by atoms with van der Waals surface area (Å²) < 4.78 is 27.4. The van der Waals surface area contributed by atoms with Gasteiger partial charge in [0.1, 0.15) is 0 Å². The molecule has 1 heterocycles. The van der Waals surface area contributed by atoms with Crippen LogP contribution in [0.25, 0.3) is 0 Å². The zero-order chi connectivity index (χ0) is 14.6. The molecule has 0 fully saturated rings. The van der Waals surface area contributed by atoms with E-state index in [4.69, 9.17) is 0 Å². The summed E-state index contributed by atoms with van der Waals surface area (Å²) in [5.41, 5.74) is 0.730. The lowest BCUT2D eigenvalue weighted by Gasteiger charge is -2.20. The van der Waals surface area contributed by atoms with E-state index in [0.717, 1.165) is 10.2 Å². The summed E-state index contributed by atoms with van der Waals surface area (Å²) in [6.45, 7) is 2.48. The van der Waals surface area contributed by atoms with Gasteiger partial charge in [-0.05, 0) is 30.3 Å². The number of sulfonamides is 1. The number of pyridine rings is 1. The fraction of sp³-hybridized carbons (Fsp3) is 0.214. The van der Waals surface area contributed by atoms with Crippen molar-refractivity contribution in [1.82, 2.24) is 9.29 Å². The topological polar surface area (TPSA) is 50.3 Å². The summed E-state index contributed by atoms with van der Waals surface area (Å²) in [5.74, 6) is 0. The van der Waals surface area contributed by atoms with Crippen molar-refractivity contribution in [2.45, 2.75) is 18.4 Å². The van der Waals surface area contributed by atoms with Crippen LogP contribution in [0.3, 0.4) is 0 Å². The van der Waals surface area contributed by atoms with Crippen molar-refractivity contribution in [3.63, 3.8) is 0 Å². The second kappa shape index (κ2) is 6.47. The Morgan fingerprint density at radius 3 is 2.60 bits per heavy atom. The minimum atomic E-state index is -3.51. The van der Waals surface area contributed by atoms with Crippen molar-refractivity contribution >= 4 is 26.0 Å². The Balaban J connectivity index is 2.31. The summed E-state index contributed by atoms with van der Waals surface area (Å²) in [5, 5.41) is 0. The summed E-state index contributed by atoms with van der Waals surface area (Å²) in [4.78, 5) is 4.46. The van der Waals surface area contributed by atoms with Gasteiger partial charge in [0.25, 0.3) is 0 Å². The quantitative estimate of drug-likeness (QED) is 0.828. The first-order chi connectivity index (χ1) is 9.54. The van der Waals surface area contributed by atoms with E-state index in [1.165, 1.54) is 4.31 Å². The molecule has 0 aliphatic carbocycles. The zero-order valence-electron chi connectivity index (χ0n) is 11.0. The Morgan fingerprint density at radius 2 is 2.00 bits per heavy atom. The van der Waals surface area contributed by atoms with Crippen LogP contribution in [0.15, 0.2) is 58.0 Å². The van der Waals surface area contributed by atoms with Crippen molar-refractivity contribution in [1.29, 1.82) is 0 Å². The molecule has 1 aromatic heterocycles. The first kappa shape index (κ1) is 15.2. The first-order valence-corrected chi connectivity index (χ1v) is 8.43. The van der Waals surface area contributed by atoms with Gasteiger partial charge in [0, 0.05) is 17.2 Å². The van der Waals surface area contributed by atoms with Gasteiger partial charge in [-0.3, -0.25) is 4.98 Å². The molecule has 6 heteroatoms. The van der Waals surface area contributed by atoms with E-state index in [-0.39, 0.29) is 11.4 Å². The lowest BCUT2D eigenvalue weighted by molar-refractivity contribution is 0.419. The number of hydrogen-bond donors (Lipinski definition) is 0. The molecule has 4 nitrogen and oxygen atoms in total. The number of rotatable bonds is 5. The monoisotopic (exact) mass is 354 g/mol. The molecular formula is C14H15BrN2O2S. The third-order valence-corrected chi connectivity index (χ3v) is 5.26. The van der Waals surface area contributed by atoms with E-state index in [1.807, 2.05) is 25.1 Å². The van der Waals surface area contributed by atoms with Gasteiger partial charge in [0.15, 0.2) is 0 Å². The Hall–Kier alpha value is -1.24. The normalized spacial score (nSPS) is 11.8. The SMILES string of the molecule is CCN(Cc1ccccn1)S(=O)(=O)c1cccc(Br)c1. The summed E-state index contributed by atoms with van der Waals surface area (Å²) in [7, 11) is -3.51. The molecule has 0 unspecified atom stereocenters. The molecule has 0 atom stereocenters. The largest absolute Gasteiger partial charge is 0.260 e. The average Bonchev–Trinajstić information content (AvgIpc) is 2.45. The maximum atomic E-state index is 12.6. The molecule has 1 aromatic carbocycles. The number of benzene rings is 1. The predicted molar refractivity (Wildman–Crippen MR) is 81.6 cm³/mol. The van der Waals surface area contributed by atoms with E-state index >= 15 is 0 Å². The molecular weight excluding hydrogens is 340 g/mol. The highest BCUT2D eigenvalue weighted by molar-refractivity contribution is 9.10. The molecule has 0 saturated carbocycles. The Labute approximate surface area is 127 Å². The van der Waals surface area contributed by atoms with Crippen LogP contribution in [-0.2, 0) is 16.6 Å². The van der Waals surface area contributed by atoms with E-state index < -0.39 is 10.0 Å². The van der Waals surface area contributed by atoms with Gasteiger partial charge in [-0.2, -0.15) is 4.31 Å². The lowest BCUT2D eigenvalue weighted by atomic mass is 10.3. The average molecular weight is 355 g/mol. The second-order valence-corrected chi connectivity index (χ2v) is 7.06. The Kier molecular flexibility index (Phi) is 4.91. The molecule has 0 amide bonds. The van der Waals surface area contributed by atoms with Crippen LogP contribution in [0.2, 0.25) is 0 Å². The number of hydrogen-bond acceptors (Lipinski definition) is 3. The van der Waals surface area contributed by atoms with Crippen molar-refractivity contribution in [2.75, 3.05) is 6.54 Å². The van der Waals surface area contributed by atoms with Crippen molar-refractivity contribution in [2.24, 2.45) is 0 Å². The van der Waals surface area contributed by atoms with Crippen LogP contribution in [0.5, 0.6) is 0 Å². The van der Waals surface area contributed by atoms with Gasteiger partial charge in [-0.1, -0.05) is 35.0 Å². The molecule has 2 aromatic rings. The summed E-state index contributed by atoms with van der Waals surface area (Å²) >= 11 is 3.30. The molecule has 0 N–H and O–H groups in total. The minimum Gasteiger partial charge on any atom is -0.260 e. The van der Waals surface area contributed by atoms with Crippen LogP contribution in [-0.4, -0.2) is 24.3 Å². The maximum absolute atomic E-state index is 12.6. The first-order valence-electron chi connectivity index (χ1n) is 6.19. The highest BCUT2D eigenvalue weighted by atomic mass is 79.9. The Morgan fingerprint density at radius 1 is 1.20 bits per heavy atom. The zero-order valence-corrected chi connectivity index (χ0v) is 13.4. The molecule has 2 rings (SSSR count). The van der Waals surface area contributed by atoms with E-state index in [9.17, 15) is 8.42 Å². The predicted octanol–water partition coefficient (Wildman–Crippen LogP) is 3.05. The summed E-state index contributed by atoms with van der Waals surface area (Å²) in [6, 6.07) is 12.2. The maximum Gasteiger partial charge on any atom is 0.243 e. The van der Waals surface area contributed by atoms with Gasteiger partial charge in [-0.25, -0.2) is 8.42 Å². The molecule has 0 radical (unpaired) electrons. The lowest BCUT2D eigenvalue weighted by Crippen LogP contribution is -2.30. The third-order valence-electron chi connectivity index (χ3n) is 2.85. The highest BCUT2D eigenvalue weighted by Gasteiger charge is 2.23. The van der Waals surface area contributed by atoms with E-state index in [1.54, 1.807) is 30.5 Å². The van der Waals surface area contributed by atoms with Gasteiger partial charge in [0.2, 0.25) is 10.0 Å². The number of nitrogens with zero attached hydrogens (tertiary/aromatic N) is 2. The molecule has 106 valence electrons. The molecule has 0 aliphatic heterocycles. The van der Waals surface area contributed by atoms with Crippen molar-refractivity contribution in [3.05, 3.63) is 58.8 Å². The van der Waals surface area contributed by atoms with Gasteiger partial charge >= 0.3 is 0 Å². The van der Waals surface area contributed by atoms with E-state index in [0.29, 0.717) is 6.54 Å². The summed E-state index contributed by atoms with van der Waals surface area (Å²) in [6.07, 6.45) is 1.66. The van der Waals surface area contributed by atoms with Crippen LogP contribution in [0, 0.1) is 0 Å². The van der Waals surface area contributed by atoms with Crippen LogP contribution < -0.4 is 0 Å². The van der Waals surface area contributed by atoms with Crippen molar-refractivity contribution in [3.8, 4) is 0 Å². The van der Waals surface area contributed by atoms with Crippen LogP contribution in [0.1, 0.15) is 12.6 Å². The standard InChI is InChI=1S/C14H15BrN2O2S/c1-2-17(11-13-7-3-4-9-16-13)20(18,19)14-8-5-6-12(15)10-14/h3-10H,2,11H2,1H3. The molecule has 0 bridgehead atoms. The van der Waals surface area contributed by atoms with Crippen molar-refractivity contribution < 1.29 is 8.42 Å². The highest BCUT2D eigenvalue weighted by Crippen LogP contribution is 2.21. The van der Waals surface area contributed by atoms with Gasteiger partial charge in [0.05, 0.1) is 17.1 Å². The third kappa shape index (κ3) is 3.45. The molecule has 0 saturated heterocycles. The molecule has 0 spiro atoms. The number of aromatic nitrogens is 1. The van der Waals surface area contributed by atoms with E-state index in [2.05, 4.69) is 20.9 Å². The fourth-order valence-electron chi connectivity index (χ4n) is 1.82. The Bertz CT molecular complexity index is 675. The van der Waals surface area contributed by atoms with Gasteiger partial charge in [-0.15, -0.1) is 0 Å².